The highest BCUT2D eigenvalue weighted by atomic mass is 32.2. The van der Waals surface area contributed by atoms with E-state index < -0.39 is 28.3 Å². The Kier molecular flexibility index (Phi) is 6.65. The van der Waals surface area contributed by atoms with Gasteiger partial charge in [0.2, 0.25) is 10.0 Å². The van der Waals surface area contributed by atoms with Gasteiger partial charge in [0.15, 0.2) is 0 Å². The summed E-state index contributed by atoms with van der Waals surface area (Å²) in [6.45, 7) is 1.28. The third-order valence-corrected chi connectivity index (χ3v) is 5.54. The summed E-state index contributed by atoms with van der Waals surface area (Å²) in [7, 11) is -1.08. The van der Waals surface area contributed by atoms with Crippen molar-refractivity contribution < 1.29 is 22.3 Å². The summed E-state index contributed by atoms with van der Waals surface area (Å²) in [6.07, 6.45) is 1.15. The largest absolute Gasteiger partial charge is 0.496 e. The molecule has 0 radical (unpaired) electrons. The van der Waals surface area contributed by atoms with Gasteiger partial charge in [0.05, 0.1) is 24.8 Å². The normalized spacial score (nSPS) is 11.7. The minimum atomic E-state index is -3.86. The third-order valence-electron chi connectivity index (χ3n) is 3.74. The topological polar surface area (TPSA) is 88.1 Å². The maximum absolute atomic E-state index is 13.5. The van der Waals surface area contributed by atoms with Crippen LogP contribution in [-0.4, -0.2) is 45.5 Å². The molecule has 0 spiro atoms. The fourth-order valence-electron chi connectivity index (χ4n) is 2.27. The maximum Gasteiger partial charge on any atom is 0.255 e. The van der Waals surface area contributed by atoms with Crippen LogP contribution in [-0.2, 0) is 14.8 Å². The number of hydrogen-bond donors (Lipinski definition) is 1. The molecule has 1 N–H and O–H groups in total. The summed E-state index contributed by atoms with van der Waals surface area (Å²) < 4.78 is 44.6. The van der Waals surface area contributed by atoms with E-state index in [9.17, 15) is 17.6 Å². The number of benzene rings is 2. The van der Waals surface area contributed by atoms with Crippen LogP contribution in [0.2, 0.25) is 0 Å². The predicted octanol–water partition coefficient (Wildman–Crippen LogP) is 1.91. The number of amides is 1. The van der Waals surface area contributed by atoms with Crippen LogP contribution >= 0.6 is 0 Å². The van der Waals surface area contributed by atoms with E-state index in [1.807, 2.05) is 0 Å². The van der Waals surface area contributed by atoms with Crippen LogP contribution in [0.3, 0.4) is 0 Å². The first-order valence-electron chi connectivity index (χ1n) is 7.93. The molecule has 0 saturated heterocycles. The van der Waals surface area contributed by atoms with Gasteiger partial charge in [0.25, 0.3) is 5.91 Å². The smallest absolute Gasteiger partial charge is 0.255 e. The lowest BCUT2D eigenvalue weighted by molar-refractivity contribution is -0.121. The second-order valence-electron chi connectivity index (χ2n) is 5.71. The van der Waals surface area contributed by atoms with Crippen LogP contribution in [0.1, 0.15) is 11.1 Å². The van der Waals surface area contributed by atoms with Crippen molar-refractivity contribution in [3.63, 3.8) is 0 Å². The summed E-state index contributed by atoms with van der Waals surface area (Å²) in [4.78, 5) is 12.0. The number of likely N-dealkylation sites (N-methyl/N-ethyl adjacent to an activating group) is 1. The van der Waals surface area contributed by atoms with Gasteiger partial charge in [-0.25, -0.2) is 18.2 Å². The monoisotopic (exact) mass is 393 g/mol. The summed E-state index contributed by atoms with van der Waals surface area (Å²) in [6, 6.07) is 10.4. The van der Waals surface area contributed by atoms with Crippen LogP contribution in [0, 0.1) is 12.7 Å². The maximum atomic E-state index is 13.5. The van der Waals surface area contributed by atoms with Gasteiger partial charge in [-0.1, -0.05) is 18.2 Å². The Morgan fingerprint density at radius 3 is 2.63 bits per heavy atom. The lowest BCUT2D eigenvalue weighted by Crippen LogP contribution is -2.36. The van der Waals surface area contributed by atoms with Crippen molar-refractivity contribution in [2.75, 3.05) is 20.7 Å². The Morgan fingerprint density at radius 2 is 2.00 bits per heavy atom. The summed E-state index contributed by atoms with van der Waals surface area (Å²) >= 11 is 0. The zero-order chi connectivity index (χ0) is 20.0. The van der Waals surface area contributed by atoms with Gasteiger partial charge in [0, 0.05) is 12.6 Å². The molecule has 1 amide bonds. The zero-order valence-corrected chi connectivity index (χ0v) is 16.0. The molecule has 0 atom stereocenters. The van der Waals surface area contributed by atoms with Crippen molar-refractivity contribution >= 4 is 22.1 Å². The van der Waals surface area contributed by atoms with Crippen molar-refractivity contribution in [3.05, 3.63) is 59.4 Å². The highest BCUT2D eigenvalue weighted by molar-refractivity contribution is 7.89. The molecule has 0 bridgehead atoms. The average Bonchev–Trinajstić information content (AvgIpc) is 2.63. The van der Waals surface area contributed by atoms with Gasteiger partial charge >= 0.3 is 0 Å². The number of nitrogens with one attached hydrogen (secondary N) is 1. The number of hydrogen-bond acceptors (Lipinski definition) is 5. The molecule has 144 valence electrons. The van der Waals surface area contributed by atoms with Gasteiger partial charge in [-0.15, -0.1) is 0 Å². The molecule has 2 aromatic rings. The SMILES string of the molecule is COc1ccc(S(=O)(=O)N(C)CC(=O)NN=Cc2ccccc2F)cc1C. The molecular formula is C18H20FN3O4S. The number of sulfonamides is 1. The summed E-state index contributed by atoms with van der Waals surface area (Å²) in [5.41, 5.74) is 3.04. The molecular weight excluding hydrogens is 373 g/mol. The number of aryl methyl sites for hydroxylation is 1. The van der Waals surface area contributed by atoms with Crippen molar-refractivity contribution in [1.82, 2.24) is 9.73 Å². The second-order valence-corrected chi connectivity index (χ2v) is 7.75. The fraction of sp³-hybridized carbons (Fsp3) is 0.222. The number of carbonyl (C=O) groups is 1. The predicted molar refractivity (Wildman–Crippen MR) is 99.7 cm³/mol. The Morgan fingerprint density at radius 1 is 1.30 bits per heavy atom. The van der Waals surface area contributed by atoms with E-state index in [0.717, 1.165) is 10.5 Å². The number of carbonyl (C=O) groups excluding carboxylic acids is 1. The number of rotatable bonds is 7. The van der Waals surface area contributed by atoms with Crippen molar-refractivity contribution in [1.29, 1.82) is 0 Å². The summed E-state index contributed by atoms with van der Waals surface area (Å²) in [5.74, 6) is -0.569. The molecule has 9 heteroatoms. The number of ether oxygens (including phenoxy) is 1. The molecule has 27 heavy (non-hydrogen) atoms. The zero-order valence-electron chi connectivity index (χ0n) is 15.1. The molecule has 0 aromatic heterocycles. The molecule has 0 aliphatic rings. The third kappa shape index (κ3) is 5.11. The van der Waals surface area contributed by atoms with Crippen LogP contribution in [0.25, 0.3) is 0 Å². The first-order chi connectivity index (χ1) is 12.8. The first-order valence-corrected chi connectivity index (χ1v) is 9.37. The van der Waals surface area contributed by atoms with Crippen LogP contribution in [0.5, 0.6) is 5.75 Å². The standard InChI is InChI=1S/C18H20FN3O4S/c1-13-10-15(8-9-17(13)26-3)27(24,25)22(2)12-18(23)21-20-11-14-6-4-5-7-16(14)19/h4-11H,12H2,1-3H3,(H,21,23). The lowest BCUT2D eigenvalue weighted by atomic mass is 10.2. The van der Waals surface area contributed by atoms with Crippen LogP contribution in [0.15, 0.2) is 52.5 Å². The highest BCUT2D eigenvalue weighted by Gasteiger charge is 2.23. The minimum absolute atomic E-state index is 0.0472. The Balaban J connectivity index is 2.02. The Bertz CT molecular complexity index is 961. The van der Waals surface area contributed by atoms with Crippen molar-refractivity contribution in [2.45, 2.75) is 11.8 Å². The first kappa shape index (κ1) is 20.5. The van der Waals surface area contributed by atoms with E-state index in [1.54, 1.807) is 19.1 Å². The van der Waals surface area contributed by atoms with Crippen LogP contribution in [0.4, 0.5) is 4.39 Å². The summed E-state index contributed by atoms with van der Waals surface area (Å²) in [5, 5.41) is 3.64. The van der Waals surface area contributed by atoms with Gasteiger partial charge in [-0.2, -0.15) is 9.41 Å². The van der Waals surface area contributed by atoms with E-state index >= 15 is 0 Å². The van der Waals surface area contributed by atoms with Gasteiger partial charge in [-0.3, -0.25) is 4.79 Å². The molecule has 0 aliphatic carbocycles. The number of halogens is 1. The fourth-order valence-corrected chi connectivity index (χ4v) is 3.48. The van der Waals surface area contributed by atoms with Crippen LogP contribution < -0.4 is 10.2 Å². The molecule has 7 nitrogen and oxygen atoms in total. The minimum Gasteiger partial charge on any atom is -0.496 e. The van der Waals surface area contributed by atoms with E-state index in [2.05, 4.69) is 10.5 Å². The van der Waals surface area contributed by atoms with E-state index in [-0.39, 0.29) is 10.5 Å². The number of hydrazone groups is 1. The van der Waals surface area contributed by atoms with Crippen molar-refractivity contribution in [2.24, 2.45) is 5.10 Å². The molecule has 0 unspecified atom stereocenters. The van der Waals surface area contributed by atoms with Gasteiger partial charge in [-0.05, 0) is 36.8 Å². The molecule has 0 heterocycles. The average molecular weight is 393 g/mol. The van der Waals surface area contributed by atoms with E-state index in [0.29, 0.717) is 11.3 Å². The van der Waals surface area contributed by atoms with E-state index in [4.69, 9.17) is 4.74 Å². The number of methoxy groups -OCH3 is 1. The second kappa shape index (κ2) is 8.74. The van der Waals surface area contributed by atoms with Gasteiger partial charge in [0.1, 0.15) is 11.6 Å². The molecule has 2 rings (SSSR count). The molecule has 0 fully saturated rings. The Hall–Kier alpha value is -2.78. The Labute approximate surface area is 157 Å². The van der Waals surface area contributed by atoms with E-state index in [1.165, 1.54) is 44.5 Å². The van der Waals surface area contributed by atoms with Crippen molar-refractivity contribution in [3.8, 4) is 5.75 Å². The highest BCUT2D eigenvalue weighted by Crippen LogP contribution is 2.23. The quantitative estimate of drug-likeness (QED) is 0.575. The molecule has 0 saturated carbocycles. The van der Waals surface area contributed by atoms with Gasteiger partial charge < -0.3 is 4.74 Å². The molecule has 2 aromatic carbocycles. The number of nitrogens with zero attached hydrogens (tertiary/aromatic N) is 2. The molecule has 0 aliphatic heterocycles. The lowest BCUT2D eigenvalue weighted by Gasteiger charge is -2.17.